The highest BCUT2D eigenvalue weighted by Gasteiger charge is 2.43. The Bertz CT molecular complexity index is 939. The number of carbonyl (C=O) groups excluding carboxylic acids is 1. The molecule has 3 aromatic rings. The van der Waals surface area contributed by atoms with Gasteiger partial charge in [0.2, 0.25) is 0 Å². The van der Waals surface area contributed by atoms with Crippen LogP contribution in [-0.4, -0.2) is 18.0 Å². The van der Waals surface area contributed by atoms with Gasteiger partial charge in [0.05, 0.1) is 0 Å². The fraction of sp³-hybridized carbons (Fsp3) is 0.318. The molecule has 2 aromatic carbocycles. The van der Waals surface area contributed by atoms with Crippen LogP contribution in [-0.2, 0) is 12.8 Å². The number of carbonyl (C=O) groups is 1. The second kappa shape index (κ2) is 6.61. The van der Waals surface area contributed by atoms with Crippen LogP contribution in [0.3, 0.4) is 0 Å². The van der Waals surface area contributed by atoms with Gasteiger partial charge in [-0.05, 0) is 50.3 Å². The maximum Gasteiger partial charge on any atom is 0.284 e. The van der Waals surface area contributed by atoms with Crippen molar-refractivity contribution in [1.82, 2.24) is 5.32 Å². The second-order valence-corrected chi connectivity index (χ2v) is 7.42. The fourth-order valence-corrected chi connectivity index (χ4v) is 3.77. The van der Waals surface area contributed by atoms with E-state index in [-0.39, 0.29) is 5.54 Å². The second-order valence-electron chi connectivity index (χ2n) is 7.42. The minimum atomic E-state index is -0.492. The summed E-state index contributed by atoms with van der Waals surface area (Å²) in [4.78, 5) is 11.9. The van der Waals surface area contributed by atoms with Crippen molar-refractivity contribution in [3.05, 3.63) is 71.0 Å². The lowest BCUT2D eigenvalue weighted by molar-refractivity contribution is 0.0974. The molecule has 4 rings (SSSR count). The van der Waals surface area contributed by atoms with Gasteiger partial charge in [-0.3, -0.25) is 4.79 Å². The predicted octanol–water partition coefficient (Wildman–Crippen LogP) is 3.75. The summed E-state index contributed by atoms with van der Waals surface area (Å²) >= 11 is 0. The molecule has 0 spiro atoms. The lowest BCUT2D eigenvalue weighted by Gasteiger charge is -2.14. The average Bonchev–Trinajstić information content (AvgIpc) is 3.30. The molecule has 1 unspecified atom stereocenters. The van der Waals surface area contributed by atoms with E-state index in [1.54, 1.807) is 0 Å². The van der Waals surface area contributed by atoms with Crippen LogP contribution in [0.2, 0.25) is 0 Å². The van der Waals surface area contributed by atoms with Crippen molar-refractivity contribution >= 4 is 16.9 Å². The number of amides is 1. The summed E-state index contributed by atoms with van der Waals surface area (Å²) in [6, 6.07) is 16.5. The maximum absolute atomic E-state index is 11.9. The summed E-state index contributed by atoms with van der Waals surface area (Å²) in [6.07, 6.45) is 4.02. The molecule has 26 heavy (non-hydrogen) atoms. The Kier molecular flexibility index (Phi) is 4.29. The van der Waals surface area contributed by atoms with Crippen LogP contribution in [0.5, 0.6) is 0 Å². The SMILES string of the molecule is Cc1ccc2oc(C(N)=O)c(CC3(CCCc4ccccc4)CN3)c2c1. The van der Waals surface area contributed by atoms with Crippen molar-refractivity contribution in [2.24, 2.45) is 5.73 Å². The molecule has 0 aliphatic carbocycles. The van der Waals surface area contributed by atoms with E-state index in [4.69, 9.17) is 10.2 Å². The van der Waals surface area contributed by atoms with Gasteiger partial charge in [-0.2, -0.15) is 0 Å². The Hall–Kier alpha value is -2.59. The standard InChI is InChI=1S/C22H24N2O2/c1-15-9-10-19-17(12-15)18(20(26-19)21(23)25)13-22(14-24-22)11-5-8-16-6-3-2-4-7-16/h2-4,6-7,9-10,12,24H,5,8,11,13-14H2,1H3,(H2,23,25). The van der Waals surface area contributed by atoms with Gasteiger partial charge in [0.1, 0.15) is 5.58 Å². The van der Waals surface area contributed by atoms with Gasteiger partial charge in [-0.1, -0.05) is 42.0 Å². The Labute approximate surface area is 153 Å². The molecule has 1 amide bonds. The molecule has 0 saturated carbocycles. The van der Waals surface area contributed by atoms with Crippen molar-refractivity contribution < 1.29 is 9.21 Å². The van der Waals surface area contributed by atoms with Crippen molar-refractivity contribution in [3.63, 3.8) is 0 Å². The van der Waals surface area contributed by atoms with Gasteiger partial charge in [0.25, 0.3) is 5.91 Å². The monoisotopic (exact) mass is 348 g/mol. The summed E-state index contributed by atoms with van der Waals surface area (Å²) in [5, 5.41) is 4.53. The van der Waals surface area contributed by atoms with Gasteiger partial charge in [-0.15, -0.1) is 0 Å². The van der Waals surface area contributed by atoms with E-state index in [1.807, 2.05) is 25.1 Å². The van der Waals surface area contributed by atoms with Gasteiger partial charge in [-0.25, -0.2) is 0 Å². The molecule has 4 heteroatoms. The van der Waals surface area contributed by atoms with Crippen LogP contribution in [0.15, 0.2) is 52.9 Å². The van der Waals surface area contributed by atoms with Crippen molar-refractivity contribution in [2.75, 3.05) is 6.54 Å². The highest BCUT2D eigenvalue weighted by molar-refractivity contribution is 5.98. The Morgan fingerprint density at radius 2 is 2.00 bits per heavy atom. The third kappa shape index (κ3) is 3.37. The number of nitrogens with one attached hydrogen (secondary N) is 1. The van der Waals surface area contributed by atoms with Gasteiger partial charge < -0.3 is 15.5 Å². The number of aryl methyl sites for hydroxylation is 2. The molecule has 0 radical (unpaired) electrons. The first-order chi connectivity index (χ1) is 12.6. The average molecular weight is 348 g/mol. The van der Waals surface area contributed by atoms with Crippen LogP contribution in [0, 0.1) is 6.92 Å². The molecular weight excluding hydrogens is 324 g/mol. The molecular formula is C22H24N2O2. The maximum atomic E-state index is 11.9. The molecule has 1 aromatic heterocycles. The minimum absolute atomic E-state index is 0.0551. The molecule has 1 aliphatic rings. The highest BCUT2D eigenvalue weighted by atomic mass is 16.3. The van der Waals surface area contributed by atoms with E-state index in [9.17, 15) is 4.79 Å². The normalized spacial score (nSPS) is 19.0. The molecule has 1 atom stereocenters. The molecule has 0 bridgehead atoms. The van der Waals surface area contributed by atoms with Crippen molar-refractivity contribution in [1.29, 1.82) is 0 Å². The molecule has 2 heterocycles. The summed E-state index contributed by atoms with van der Waals surface area (Å²) in [5.41, 5.74) is 9.83. The largest absolute Gasteiger partial charge is 0.451 e. The van der Waals surface area contributed by atoms with E-state index < -0.39 is 5.91 Å². The Morgan fingerprint density at radius 3 is 2.69 bits per heavy atom. The summed E-state index contributed by atoms with van der Waals surface area (Å²) in [5.74, 6) is -0.185. The molecule has 1 saturated heterocycles. The van der Waals surface area contributed by atoms with Crippen LogP contribution in [0.4, 0.5) is 0 Å². The van der Waals surface area contributed by atoms with E-state index in [2.05, 4.69) is 35.6 Å². The zero-order valence-electron chi connectivity index (χ0n) is 15.0. The fourth-order valence-electron chi connectivity index (χ4n) is 3.77. The van der Waals surface area contributed by atoms with Crippen molar-refractivity contribution in [3.8, 4) is 0 Å². The third-order valence-electron chi connectivity index (χ3n) is 5.33. The molecule has 3 N–H and O–H groups in total. The number of rotatable bonds is 7. The van der Waals surface area contributed by atoms with E-state index in [0.717, 1.165) is 54.3 Å². The zero-order chi connectivity index (χ0) is 18.1. The lowest BCUT2D eigenvalue weighted by Crippen LogP contribution is -2.22. The predicted molar refractivity (Wildman–Crippen MR) is 103 cm³/mol. The topological polar surface area (TPSA) is 78.2 Å². The number of furan rings is 1. The number of hydrogen-bond donors (Lipinski definition) is 2. The molecule has 134 valence electrons. The summed E-state index contributed by atoms with van der Waals surface area (Å²) in [6.45, 7) is 3.02. The van der Waals surface area contributed by atoms with Crippen molar-refractivity contribution in [2.45, 2.75) is 38.1 Å². The highest BCUT2D eigenvalue weighted by Crippen LogP contribution is 2.35. The third-order valence-corrected chi connectivity index (χ3v) is 5.33. The lowest BCUT2D eigenvalue weighted by atomic mass is 9.91. The summed E-state index contributed by atoms with van der Waals surface area (Å²) in [7, 11) is 0. The quantitative estimate of drug-likeness (QED) is 0.638. The molecule has 1 fully saturated rings. The van der Waals surface area contributed by atoms with Gasteiger partial charge in [0.15, 0.2) is 5.76 Å². The van der Waals surface area contributed by atoms with E-state index in [1.165, 1.54) is 5.56 Å². The number of fused-ring (bicyclic) bond motifs is 1. The van der Waals surface area contributed by atoms with E-state index in [0.29, 0.717) is 5.76 Å². The molecule has 4 nitrogen and oxygen atoms in total. The van der Waals surface area contributed by atoms with Crippen LogP contribution in [0.1, 0.15) is 40.1 Å². The first-order valence-electron chi connectivity index (χ1n) is 9.17. The number of primary amides is 1. The molecule has 1 aliphatic heterocycles. The van der Waals surface area contributed by atoms with Crippen LogP contribution in [0.25, 0.3) is 11.0 Å². The van der Waals surface area contributed by atoms with E-state index >= 15 is 0 Å². The number of benzene rings is 2. The van der Waals surface area contributed by atoms with Gasteiger partial charge in [0, 0.05) is 23.0 Å². The summed E-state index contributed by atoms with van der Waals surface area (Å²) < 4.78 is 5.76. The van der Waals surface area contributed by atoms with Crippen LogP contribution < -0.4 is 11.1 Å². The number of hydrogen-bond acceptors (Lipinski definition) is 3. The smallest absolute Gasteiger partial charge is 0.284 e. The first kappa shape index (κ1) is 16.9. The Balaban J connectivity index is 1.53. The van der Waals surface area contributed by atoms with Gasteiger partial charge >= 0.3 is 0 Å². The van der Waals surface area contributed by atoms with Crippen LogP contribution >= 0.6 is 0 Å². The number of nitrogens with two attached hydrogens (primary N) is 1. The minimum Gasteiger partial charge on any atom is -0.451 e. The first-order valence-corrected chi connectivity index (χ1v) is 9.17. The Morgan fingerprint density at radius 1 is 1.23 bits per heavy atom. The zero-order valence-corrected chi connectivity index (χ0v) is 15.0.